The maximum absolute atomic E-state index is 5.48. The first kappa shape index (κ1) is 15.7. The molecule has 0 saturated carbocycles. The van der Waals surface area contributed by atoms with Crippen LogP contribution >= 0.6 is 0 Å². The first-order valence-electron chi connectivity index (χ1n) is 8.75. The molecule has 1 N–H and O–H groups in total. The Morgan fingerprint density at radius 3 is 2.46 bits per heavy atom. The van der Waals surface area contributed by atoms with Gasteiger partial charge in [0.25, 0.3) is 0 Å². The molecule has 3 heterocycles. The number of H-pyrrole nitrogens is 1. The molecule has 7 heteroatoms. The molecule has 24 heavy (non-hydrogen) atoms. The summed E-state index contributed by atoms with van der Waals surface area (Å²) < 4.78 is 5.48. The molecule has 4 rings (SSSR count). The maximum atomic E-state index is 5.48. The lowest BCUT2D eigenvalue weighted by Gasteiger charge is -2.40. The molecule has 128 valence electrons. The molecule has 1 aromatic heterocycles. The monoisotopic (exact) mass is 328 g/mol. The Morgan fingerprint density at radius 1 is 1.04 bits per heavy atom. The van der Waals surface area contributed by atoms with E-state index < -0.39 is 0 Å². The quantitative estimate of drug-likeness (QED) is 0.908. The number of ether oxygens (including phenoxy) is 1. The van der Waals surface area contributed by atoms with E-state index in [4.69, 9.17) is 4.74 Å². The Kier molecular flexibility index (Phi) is 4.82. The van der Waals surface area contributed by atoms with Gasteiger partial charge < -0.3 is 4.74 Å². The predicted octanol–water partition coefficient (Wildman–Crippen LogP) is 1.16. The highest BCUT2D eigenvalue weighted by Gasteiger charge is 2.25. The number of aromatic nitrogens is 4. The van der Waals surface area contributed by atoms with E-state index in [0.717, 1.165) is 44.5 Å². The van der Waals surface area contributed by atoms with Crippen LogP contribution in [0.15, 0.2) is 24.3 Å². The third kappa shape index (κ3) is 3.63. The van der Waals surface area contributed by atoms with Crippen LogP contribution in [-0.4, -0.2) is 75.9 Å². The summed E-state index contributed by atoms with van der Waals surface area (Å²) in [4.78, 5) is 5.19. The van der Waals surface area contributed by atoms with Crippen LogP contribution in [0.4, 0.5) is 0 Å². The lowest BCUT2D eigenvalue weighted by atomic mass is 10.1. The number of rotatable bonds is 4. The van der Waals surface area contributed by atoms with E-state index in [1.54, 1.807) is 0 Å². The molecule has 2 fully saturated rings. The topological polar surface area (TPSA) is 70.2 Å². The predicted molar refractivity (Wildman–Crippen MR) is 90.3 cm³/mol. The highest BCUT2D eigenvalue weighted by Crippen LogP contribution is 2.19. The van der Waals surface area contributed by atoms with Gasteiger partial charge in [-0.3, -0.25) is 9.80 Å². The number of aromatic amines is 1. The Labute approximate surface area is 142 Å². The molecule has 2 aliphatic heterocycles. The van der Waals surface area contributed by atoms with Gasteiger partial charge in [-0.1, -0.05) is 24.3 Å². The van der Waals surface area contributed by atoms with E-state index in [1.165, 1.54) is 31.5 Å². The average molecular weight is 328 g/mol. The Balaban J connectivity index is 1.29. The van der Waals surface area contributed by atoms with Gasteiger partial charge in [0.15, 0.2) is 0 Å². The summed E-state index contributed by atoms with van der Waals surface area (Å²) in [6, 6.07) is 9.19. The molecule has 0 aliphatic carbocycles. The Morgan fingerprint density at radius 2 is 1.79 bits per heavy atom. The number of tetrazole rings is 1. The van der Waals surface area contributed by atoms with Crippen molar-refractivity contribution in [3.8, 4) is 11.4 Å². The Hall–Kier alpha value is -1.83. The summed E-state index contributed by atoms with van der Waals surface area (Å²) >= 11 is 0. The summed E-state index contributed by atoms with van der Waals surface area (Å²) in [7, 11) is 0. The molecule has 0 bridgehead atoms. The minimum Gasteiger partial charge on any atom is -0.381 e. The second-order valence-electron chi connectivity index (χ2n) is 6.59. The largest absolute Gasteiger partial charge is 0.381 e. The van der Waals surface area contributed by atoms with Gasteiger partial charge in [0.2, 0.25) is 5.82 Å². The number of nitrogens with zero attached hydrogens (tertiary/aromatic N) is 5. The van der Waals surface area contributed by atoms with E-state index in [0.29, 0.717) is 5.82 Å². The lowest BCUT2D eigenvalue weighted by Crippen LogP contribution is -2.51. The standard InChI is InChI=1S/C17H24N6O/c1-3-15(17-18-20-21-19-17)4-2-14(1)13-22-7-9-23(10-8-22)16-5-11-24-12-6-16/h1-4,16H,5-13H2,(H,18,19,20,21). The molecule has 2 saturated heterocycles. The highest BCUT2D eigenvalue weighted by molar-refractivity contribution is 5.54. The van der Waals surface area contributed by atoms with Crippen LogP contribution in [0.2, 0.25) is 0 Å². The van der Waals surface area contributed by atoms with Gasteiger partial charge in [0.1, 0.15) is 0 Å². The van der Waals surface area contributed by atoms with Crippen molar-refractivity contribution in [2.75, 3.05) is 39.4 Å². The molecule has 1 aromatic carbocycles. The first-order valence-corrected chi connectivity index (χ1v) is 8.75. The molecule has 0 amide bonds. The van der Waals surface area contributed by atoms with Crippen molar-refractivity contribution in [3.05, 3.63) is 29.8 Å². The van der Waals surface area contributed by atoms with E-state index in [2.05, 4.69) is 54.7 Å². The molecule has 0 radical (unpaired) electrons. The van der Waals surface area contributed by atoms with Gasteiger partial charge in [0, 0.05) is 57.5 Å². The molecule has 0 unspecified atom stereocenters. The van der Waals surface area contributed by atoms with Crippen LogP contribution in [0.3, 0.4) is 0 Å². The zero-order valence-corrected chi connectivity index (χ0v) is 13.9. The van der Waals surface area contributed by atoms with Crippen molar-refractivity contribution in [2.45, 2.75) is 25.4 Å². The maximum Gasteiger partial charge on any atom is 0.204 e. The van der Waals surface area contributed by atoms with Crippen LogP contribution < -0.4 is 0 Å². The average Bonchev–Trinajstić information content (AvgIpc) is 3.18. The normalized spacial score (nSPS) is 21.2. The van der Waals surface area contributed by atoms with Crippen LogP contribution in [0.25, 0.3) is 11.4 Å². The molecule has 0 atom stereocenters. The molecule has 0 spiro atoms. The van der Waals surface area contributed by atoms with Gasteiger partial charge in [-0.2, -0.15) is 5.21 Å². The Bertz CT molecular complexity index is 615. The fourth-order valence-corrected chi connectivity index (χ4v) is 3.64. The second kappa shape index (κ2) is 7.38. The van der Waals surface area contributed by atoms with Crippen LogP contribution in [0.5, 0.6) is 0 Å². The number of hydrogen-bond acceptors (Lipinski definition) is 6. The fourth-order valence-electron chi connectivity index (χ4n) is 3.64. The first-order chi connectivity index (χ1) is 11.9. The third-order valence-electron chi connectivity index (χ3n) is 5.08. The molecule has 2 aromatic rings. The lowest BCUT2D eigenvalue weighted by molar-refractivity contribution is 0.0126. The van der Waals surface area contributed by atoms with Crippen molar-refractivity contribution < 1.29 is 4.74 Å². The van der Waals surface area contributed by atoms with E-state index in [9.17, 15) is 0 Å². The summed E-state index contributed by atoms with van der Waals surface area (Å²) in [6.45, 7) is 7.49. The van der Waals surface area contributed by atoms with Crippen LogP contribution in [-0.2, 0) is 11.3 Å². The van der Waals surface area contributed by atoms with Gasteiger partial charge in [-0.05, 0) is 23.6 Å². The number of nitrogens with one attached hydrogen (secondary N) is 1. The summed E-state index contributed by atoms with van der Waals surface area (Å²) in [5, 5.41) is 14.1. The van der Waals surface area contributed by atoms with E-state index >= 15 is 0 Å². The van der Waals surface area contributed by atoms with Crippen molar-refractivity contribution in [3.63, 3.8) is 0 Å². The zero-order valence-electron chi connectivity index (χ0n) is 13.9. The molecular formula is C17H24N6O. The number of piperazine rings is 1. The van der Waals surface area contributed by atoms with Gasteiger partial charge in [-0.25, -0.2) is 0 Å². The number of hydrogen-bond donors (Lipinski definition) is 1. The minimum absolute atomic E-state index is 0.645. The summed E-state index contributed by atoms with van der Waals surface area (Å²) in [6.07, 6.45) is 2.38. The van der Waals surface area contributed by atoms with E-state index in [-0.39, 0.29) is 0 Å². The van der Waals surface area contributed by atoms with Crippen molar-refractivity contribution >= 4 is 0 Å². The zero-order chi connectivity index (χ0) is 16.2. The van der Waals surface area contributed by atoms with Gasteiger partial charge in [-0.15, -0.1) is 10.2 Å². The van der Waals surface area contributed by atoms with Crippen molar-refractivity contribution in [1.29, 1.82) is 0 Å². The van der Waals surface area contributed by atoms with Crippen LogP contribution in [0.1, 0.15) is 18.4 Å². The minimum atomic E-state index is 0.645. The smallest absolute Gasteiger partial charge is 0.204 e. The SMILES string of the molecule is c1cc(-c2nn[nH]n2)ccc1CN1CCN(C2CCOCC2)CC1. The second-order valence-corrected chi connectivity index (χ2v) is 6.59. The van der Waals surface area contributed by atoms with Gasteiger partial charge >= 0.3 is 0 Å². The van der Waals surface area contributed by atoms with Crippen molar-refractivity contribution in [1.82, 2.24) is 30.4 Å². The molecular weight excluding hydrogens is 304 g/mol. The summed E-state index contributed by atoms with van der Waals surface area (Å²) in [5.41, 5.74) is 2.33. The fraction of sp³-hybridized carbons (Fsp3) is 0.588. The number of benzene rings is 1. The van der Waals surface area contributed by atoms with Crippen LogP contribution in [0, 0.1) is 0 Å². The summed E-state index contributed by atoms with van der Waals surface area (Å²) in [5.74, 6) is 0.645. The molecule has 2 aliphatic rings. The van der Waals surface area contributed by atoms with Crippen molar-refractivity contribution in [2.24, 2.45) is 0 Å². The highest BCUT2D eigenvalue weighted by atomic mass is 16.5. The van der Waals surface area contributed by atoms with E-state index in [1.807, 2.05) is 0 Å². The molecule has 7 nitrogen and oxygen atoms in total. The van der Waals surface area contributed by atoms with Gasteiger partial charge in [0.05, 0.1) is 0 Å². The third-order valence-corrected chi connectivity index (χ3v) is 5.08.